The molecule has 0 bridgehead atoms. The van der Waals surface area contributed by atoms with Crippen LogP contribution in [0.25, 0.3) is 0 Å². The summed E-state index contributed by atoms with van der Waals surface area (Å²) in [7, 11) is 1.23. The summed E-state index contributed by atoms with van der Waals surface area (Å²) < 4.78 is 24.7. The lowest BCUT2D eigenvalue weighted by molar-refractivity contribution is -0.151. The number of amides is 1. The van der Waals surface area contributed by atoms with E-state index >= 15 is 0 Å². The van der Waals surface area contributed by atoms with E-state index in [1.807, 2.05) is 0 Å². The first kappa shape index (κ1) is 39.5. The van der Waals surface area contributed by atoms with Gasteiger partial charge in [-0.05, 0) is 53.4 Å². The number of carbonyl (C=O) groups is 7. The largest absolute Gasteiger partial charge is 0.469 e. The second-order valence-electron chi connectivity index (χ2n) is 9.77. The van der Waals surface area contributed by atoms with E-state index in [4.69, 9.17) is 23.7 Å². The molecule has 0 saturated heterocycles. The van der Waals surface area contributed by atoms with Gasteiger partial charge in [-0.3, -0.25) is 28.8 Å². The summed E-state index contributed by atoms with van der Waals surface area (Å²) in [5.41, 5.74) is 0. The van der Waals surface area contributed by atoms with Crippen molar-refractivity contribution in [2.75, 3.05) is 33.5 Å². The molecule has 3 atom stereocenters. The van der Waals surface area contributed by atoms with Crippen LogP contribution in [0.15, 0.2) is 0 Å². The van der Waals surface area contributed by atoms with Crippen molar-refractivity contribution in [1.29, 1.82) is 0 Å². The molecular formula is C30H49NO12. The normalized spacial score (nSPS) is 12.7. The van der Waals surface area contributed by atoms with Crippen molar-refractivity contribution in [3.05, 3.63) is 0 Å². The van der Waals surface area contributed by atoms with Crippen molar-refractivity contribution in [3.8, 4) is 0 Å². The lowest BCUT2D eigenvalue weighted by Gasteiger charge is -2.18. The number of ketones is 1. The molecule has 0 aromatic carbocycles. The Morgan fingerprint density at radius 2 is 1.07 bits per heavy atom. The molecule has 0 rings (SSSR count). The highest BCUT2D eigenvalue weighted by Crippen LogP contribution is 2.22. The fourth-order valence-electron chi connectivity index (χ4n) is 4.30. The second kappa shape index (κ2) is 24.0. The Labute approximate surface area is 254 Å². The van der Waals surface area contributed by atoms with Gasteiger partial charge in [0.25, 0.3) is 0 Å². The van der Waals surface area contributed by atoms with E-state index in [0.717, 1.165) is 0 Å². The predicted molar refractivity (Wildman–Crippen MR) is 153 cm³/mol. The van der Waals surface area contributed by atoms with Gasteiger partial charge in [-0.1, -0.05) is 12.8 Å². The molecule has 1 amide bonds. The Morgan fingerprint density at radius 1 is 0.558 bits per heavy atom. The fourth-order valence-corrected chi connectivity index (χ4v) is 4.30. The summed E-state index contributed by atoms with van der Waals surface area (Å²) in [4.78, 5) is 85.6. The highest BCUT2D eigenvalue weighted by Gasteiger charge is 2.28. The van der Waals surface area contributed by atoms with Gasteiger partial charge in [0.1, 0.15) is 11.8 Å². The van der Waals surface area contributed by atoms with Crippen LogP contribution in [0.5, 0.6) is 0 Å². The molecule has 0 heterocycles. The summed E-state index contributed by atoms with van der Waals surface area (Å²) in [5.74, 6) is -4.98. The van der Waals surface area contributed by atoms with Crippen LogP contribution in [0.4, 0.5) is 0 Å². The number of ether oxygens (including phenoxy) is 5. The van der Waals surface area contributed by atoms with Crippen molar-refractivity contribution in [2.24, 2.45) is 11.8 Å². The Balaban J connectivity index is 4.88. The zero-order valence-corrected chi connectivity index (χ0v) is 26.2. The van der Waals surface area contributed by atoms with Gasteiger partial charge < -0.3 is 29.0 Å². The molecule has 3 unspecified atom stereocenters. The maximum Gasteiger partial charge on any atom is 0.328 e. The second-order valence-corrected chi connectivity index (χ2v) is 9.77. The van der Waals surface area contributed by atoms with Crippen LogP contribution in [0.1, 0.15) is 98.3 Å². The van der Waals surface area contributed by atoms with E-state index in [0.29, 0.717) is 25.7 Å². The van der Waals surface area contributed by atoms with Crippen LogP contribution < -0.4 is 5.32 Å². The molecule has 0 aromatic rings. The summed E-state index contributed by atoms with van der Waals surface area (Å²) in [6.45, 7) is 7.31. The molecule has 13 heteroatoms. The smallest absolute Gasteiger partial charge is 0.328 e. The maximum absolute atomic E-state index is 12.8. The number of rotatable bonds is 24. The van der Waals surface area contributed by atoms with E-state index in [1.54, 1.807) is 27.7 Å². The molecule has 0 spiro atoms. The molecule has 246 valence electrons. The number of nitrogens with one attached hydrogen (secondary N) is 1. The van der Waals surface area contributed by atoms with E-state index in [1.165, 1.54) is 7.11 Å². The highest BCUT2D eigenvalue weighted by atomic mass is 16.5. The minimum atomic E-state index is -0.970. The van der Waals surface area contributed by atoms with Crippen LogP contribution in [0, 0.1) is 11.8 Å². The molecule has 0 aromatic heterocycles. The number of esters is 5. The Bertz CT molecular complexity index is 904. The van der Waals surface area contributed by atoms with Crippen molar-refractivity contribution < 1.29 is 57.2 Å². The quantitative estimate of drug-likeness (QED) is 0.0955. The van der Waals surface area contributed by atoms with Gasteiger partial charge in [0.05, 0.1) is 45.4 Å². The molecule has 1 N–H and O–H groups in total. The first-order valence-electron chi connectivity index (χ1n) is 15.1. The van der Waals surface area contributed by atoms with Gasteiger partial charge in [-0.25, -0.2) is 4.79 Å². The number of hydrogen-bond acceptors (Lipinski definition) is 12. The molecule has 0 aliphatic carbocycles. The SMILES string of the molecule is CCOC(=O)CCC(CC(=O)CC(CCCCCC(=O)NC(CCC(=O)OCC)C(=O)OCC)C(=O)OC)C(=O)OCC. The topological polar surface area (TPSA) is 178 Å². The standard InChI is InChI=1S/C30H49NO12/c1-6-40-26(34)17-15-22(29(37)42-8-3)20-23(32)19-21(28(36)39-5)13-11-10-12-14-25(33)31-24(30(38)43-9-4)16-18-27(35)41-7-2/h21-22,24H,6-20H2,1-5H3,(H,31,33). The minimum absolute atomic E-state index is 0.0372. The number of carbonyl (C=O) groups excluding carboxylic acids is 7. The Kier molecular flexibility index (Phi) is 22.0. The lowest BCUT2D eigenvalue weighted by atomic mass is 9.90. The van der Waals surface area contributed by atoms with Gasteiger partial charge in [0.15, 0.2) is 0 Å². The number of unbranched alkanes of at least 4 members (excludes halogenated alkanes) is 2. The van der Waals surface area contributed by atoms with Gasteiger partial charge >= 0.3 is 29.8 Å². The first-order valence-corrected chi connectivity index (χ1v) is 15.1. The maximum atomic E-state index is 12.8. The van der Waals surface area contributed by atoms with Gasteiger partial charge in [0, 0.05) is 32.1 Å². The van der Waals surface area contributed by atoms with Crippen molar-refractivity contribution in [1.82, 2.24) is 5.32 Å². The Morgan fingerprint density at radius 3 is 1.60 bits per heavy atom. The molecule has 0 aliphatic heterocycles. The van der Waals surface area contributed by atoms with Crippen LogP contribution in [-0.4, -0.2) is 81.1 Å². The third-order valence-electron chi connectivity index (χ3n) is 6.41. The third-order valence-corrected chi connectivity index (χ3v) is 6.41. The van der Waals surface area contributed by atoms with Crippen LogP contribution in [-0.2, 0) is 57.2 Å². The van der Waals surface area contributed by atoms with Gasteiger partial charge in [-0.15, -0.1) is 0 Å². The highest BCUT2D eigenvalue weighted by molar-refractivity contribution is 5.88. The summed E-state index contributed by atoms with van der Waals surface area (Å²) in [6, 6.07) is -0.970. The van der Waals surface area contributed by atoms with E-state index in [2.05, 4.69) is 5.32 Å². The third kappa shape index (κ3) is 18.6. The zero-order chi connectivity index (χ0) is 32.6. The minimum Gasteiger partial charge on any atom is -0.469 e. The molecule has 43 heavy (non-hydrogen) atoms. The number of methoxy groups -OCH3 is 1. The van der Waals surface area contributed by atoms with Gasteiger partial charge in [0.2, 0.25) is 5.91 Å². The summed E-state index contributed by atoms with van der Waals surface area (Å²) >= 11 is 0. The first-order chi connectivity index (χ1) is 20.5. The molecule has 0 saturated carbocycles. The fraction of sp³-hybridized carbons (Fsp3) is 0.767. The van der Waals surface area contributed by atoms with E-state index < -0.39 is 47.7 Å². The molecule has 13 nitrogen and oxygen atoms in total. The summed E-state index contributed by atoms with van der Waals surface area (Å²) in [6.07, 6.45) is 1.74. The zero-order valence-electron chi connectivity index (χ0n) is 26.2. The monoisotopic (exact) mass is 615 g/mol. The van der Waals surface area contributed by atoms with Gasteiger partial charge in [-0.2, -0.15) is 0 Å². The molecule has 0 fully saturated rings. The molecular weight excluding hydrogens is 566 g/mol. The van der Waals surface area contributed by atoms with Crippen molar-refractivity contribution >= 4 is 41.5 Å². The van der Waals surface area contributed by atoms with Crippen LogP contribution in [0.3, 0.4) is 0 Å². The van der Waals surface area contributed by atoms with Crippen LogP contribution >= 0.6 is 0 Å². The lowest BCUT2D eigenvalue weighted by Crippen LogP contribution is -2.42. The van der Waals surface area contributed by atoms with E-state index in [-0.39, 0.29) is 83.1 Å². The summed E-state index contributed by atoms with van der Waals surface area (Å²) in [5, 5.41) is 2.61. The average Bonchev–Trinajstić information content (AvgIpc) is 2.96. The van der Waals surface area contributed by atoms with Crippen LogP contribution in [0.2, 0.25) is 0 Å². The molecule has 0 radical (unpaired) electrons. The number of hydrogen-bond donors (Lipinski definition) is 1. The van der Waals surface area contributed by atoms with Crippen molar-refractivity contribution in [3.63, 3.8) is 0 Å². The van der Waals surface area contributed by atoms with E-state index in [9.17, 15) is 33.6 Å². The van der Waals surface area contributed by atoms with Crippen molar-refractivity contribution in [2.45, 2.75) is 104 Å². The average molecular weight is 616 g/mol. The molecule has 0 aliphatic rings. The predicted octanol–water partition coefficient (Wildman–Crippen LogP) is 2.99. The Hall–Kier alpha value is -3.51. The number of Topliss-reactive ketones (excluding diaryl/α,β-unsaturated/α-hetero) is 1.